The van der Waals surface area contributed by atoms with E-state index in [0.29, 0.717) is 19.3 Å². The van der Waals surface area contributed by atoms with Gasteiger partial charge in [-0.25, -0.2) is 0 Å². The van der Waals surface area contributed by atoms with Crippen molar-refractivity contribution in [3.8, 4) is 0 Å². The quantitative estimate of drug-likeness (QED) is 0.0359. The molecule has 296 valence electrons. The Balaban J connectivity index is 4.11. The Morgan fingerprint density at radius 3 is 1.04 bits per heavy atom. The van der Waals surface area contributed by atoms with Gasteiger partial charge in [-0.1, -0.05) is 201 Å². The van der Waals surface area contributed by atoms with E-state index in [4.69, 9.17) is 14.2 Å². The topological polar surface area (TPSA) is 78.9 Å². The molecule has 0 aromatic rings. The first-order chi connectivity index (χ1) is 24.4. The molecule has 0 aromatic heterocycles. The fourth-order valence-corrected chi connectivity index (χ4v) is 6.42. The maximum absolute atomic E-state index is 12.6. The van der Waals surface area contributed by atoms with Gasteiger partial charge in [-0.3, -0.25) is 14.4 Å². The summed E-state index contributed by atoms with van der Waals surface area (Å²) in [4.78, 5) is 37.3. The Kier molecular flexibility index (Phi) is 37.4. The van der Waals surface area contributed by atoms with Crippen molar-refractivity contribution in [2.45, 2.75) is 246 Å². The van der Waals surface area contributed by atoms with Crippen LogP contribution in [0.15, 0.2) is 0 Å². The van der Waals surface area contributed by atoms with Crippen molar-refractivity contribution < 1.29 is 28.6 Å². The second kappa shape index (κ2) is 38.6. The van der Waals surface area contributed by atoms with Crippen molar-refractivity contribution in [1.29, 1.82) is 0 Å². The lowest BCUT2D eigenvalue weighted by molar-refractivity contribution is -0.167. The Morgan fingerprint density at radius 2 is 0.700 bits per heavy atom. The van der Waals surface area contributed by atoms with E-state index in [9.17, 15) is 14.4 Å². The minimum atomic E-state index is -0.756. The Bertz CT molecular complexity index is 753. The van der Waals surface area contributed by atoms with Crippen LogP contribution in [0.4, 0.5) is 0 Å². The van der Waals surface area contributed by atoms with Crippen LogP contribution in [0.2, 0.25) is 0 Å². The molecule has 0 rings (SSSR count). The minimum Gasteiger partial charge on any atom is -0.462 e. The molecule has 0 aromatic carbocycles. The zero-order valence-corrected chi connectivity index (χ0v) is 33.9. The summed E-state index contributed by atoms with van der Waals surface area (Å²) in [5, 5.41) is 0. The van der Waals surface area contributed by atoms with Crippen LogP contribution in [-0.2, 0) is 28.6 Å². The molecular weight excluding hydrogens is 624 g/mol. The summed E-state index contributed by atoms with van der Waals surface area (Å²) >= 11 is 0. The second-order valence-electron chi connectivity index (χ2n) is 15.2. The first kappa shape index (κ1) is 48.4. The molecule has 50 heavy (non-hydrogen) atoms. The van der Waals surface area contributed by atoms with Gasteiger partial charge in [0.1, 0.15) is 13.2 Å². The van der Waals surface area contributed by atoms with Gasteiger partial charge in [-0.15, -0.1) is 0 Å². The molecule has 2 atom stereocenters. The monoisotopic (exact) mass is 709 g/mol. The molecular formula is C44H84O6. The van der Waals surface area contributed by atoms with Crippen molar-refractivity contribution in [3.63, 3.8) is 0 Å². The number of rotatable bonds is 39. The summed E-state index contributed by atoms with van der Waals surface area (Å²) in [6.07, 6.45) is 36.8. The van der Waals surface area contributed by atoms with Crippen LogP contribution in [0.3, 0.4) is 0 Å². The van der Waals surface area contributed by atoms with Gasteiger partial charge in [0, 0.05) is 19.3 Å². The molecule has 0 amide bonds. The Labute approximate surface area is 310 Å². The summed E-state index contributed by atoms with van der Waals surface area (Å²) < 4.78 is 16.5. The van der Waals surface area contributed by atoms with Gasteiger partial charge in [-0.2, -0.15) is 0 Å². The summed E-state index contributed by atoms with van der Waals surface area (Å²) in [7, 11) is 0. The normalized spacial score (nSPS) is 12.5. The first-order valence-corrected chi connectivity index (χ1v) is 21.9. The third-order valence-electron chi connectivity index (χ3n) is 10.2. The molecule has 6 heteroatoms. The van der Waals surface area contributed by atoms with E-state index < -0.39 is 6.10 Å². The van der Waals surface area contributed by atoms with Gasteiger partial charge in [0.25, 0.3) is 0 Å². The summed E-state index contributed by atoms with van der Waals surface area (Å²) in [5.74, 6) is 0.0223. The highest BCUT2D eigenvalue weighted by molar-refractivity contribution is 5.71. The van der Waals surface area contributed by atoms with Crippen LogP contribution in [0.5, 0.6) is 0 Å². The number of hydrogen-bond donors (Lipinski definition) is 0. The largest absolute Gasteiger partial charge is 0.462 e. The maximum atomic E-state index is 12.6. The van der Waals surface area contributed by atoms with Gasteiger partial charge < -0.3 is 14.2 Å². The van der Waals surface area contributed by atoms with Crippen molar-refractivity contribution in [1.82, 2.24) is 0 Å². The number of esters is 3. The molecule has 0 spiro atoms. The predicted octanol–water partition coefficient (Wildman–Crippen LogP) is 13.6. The average Bonchev–Trinajstić information content (AvgIpc) is 3.11. The fourth-order valence-electron chi connectivity index (χ4n) is 6.42. The smallest absolute Gasteiger partial charge is 0.306 e. The van der Waals surface area contributed by atoms with Gasteiger partial charge in [-0.05, 0) is 25.2 Å². The van der Waals surface area contributed by atoms with Crippen LogP contribution < -0.4 is 0 Å². The van der Waals surface area contributed by atoms with E-state index in [1.807, 2.05) is 0 Å². The van der Waals surface area contributed by atoms with E-state index in [1.54, 1.807) is 0 Å². The average molecular weight is 709 g/mol. The van der Waals surface area contributed by atoms with Crippen LogP contribution in [0, 0.1) is 5.92 Å². The molecule has 1 unspecified atom stereocenters. The van der Waals surface area contributed by atoms with Gasteiger partial charge in [0.2, 0.25) is 0 Å². The van der Waals surface area contributed by atoms with Gasteiger partial charge in [0.15, 0.2) is 6.10 Å². The number of unbranched alkanes of at least 4 members (excludes halogenated alkanes) is 25. The molecule has 0 saturated heterocycles. The predicted molar refractivity (Wildman–Crippen MR) is 210 cm³/mol. The van der Waals surface area contributed by atoms with Crippen LogP contribution in [0.25, 0.3) is 0 Å². The molecule has 0 saturated carbocycles. The van der Waals surface area contributed by atoms with Crippen molar-refractivity contribution >= 4 is 17.9 Å². The molecule has 0 aliphatic rings. The summed E-state index contributed by atoms with van der Waals surface area (Å²) in [6.45, 7) is 8.93. The molecule has 0 radical (unpaired) electrons. The van der Waals surface area contributed by atoms with Crippen LogP contribution in [0.1, 0.15) is 240 Å². The van der Waals surface area contributed by atoms with Crippen molar-refractivity contribution in [3.05, 3.63) is 0 Å². The summed E-state index contributed by atoms with van der Waals surface area (Å²) in [5.41, 5.74) is 0. The number of carbonyl (C=O) groups is 3. The van der Waals surface area contributed by atoms with Crippen molar-refractivity contribution in [2.75, 3.05) is 13.2 Å². The molecule has 0 aliphatic carbocycles. The molecule has 0 aliphatic heterocycles. The lowest BCUT2D eigenvalue weighted by atomic mass is 9.99. The lowest BCUT2D eigenvalue weighted by Crippen LogP contribution is -2.30. The lowest BCUT2D eigenvalue weighted by Gasteiger charge is -2.18. The fraction of sp³-hybridized carbons (Fsp3) is 0.932. The molecule has 0 bridgehead atoms. The highest BCUT2D eigenvalue weighted by Gasteiger charge is 2.19. The van der Waals surface area contributed by atoms with Gasteiger partial charge in [0.05, 0.1) is 0 Å². The van der Waals surface area contributed by atoms with Crippen LogP contribution in [-0.4, -0.2) is 37.2 Å². The number of ether oxygens (including phenoxy) is 3. The number of carbonyl (C=O) groups excluding carboxylic acids is 3. The Morgan fingerprint density at radius 1 is 0.400 bits per heavy atom. The highest BCUT2D eigenvalue weighted by Crippen LogP contribution is 2.17. The first-order valence-electron chi connectivity index (χ1n) is 21.9. The molecule has 0 N–H and O–H groups in total. The van der Waals surface area contributed by atoms with E-state index in [2.05, 4.69) is 27.7 Å². The standard InChI is InChI=1S/C44H84O6/c1-5-8-10-12-13-20-25-29-33-37-44(47)50-41(38-48-42(45)35-31-26-11-9-6-2)39-49-43(46)36-32-28-24-22-19-17-15-14-16-18-21-23-27-30-34-40(4)7-3/h40-41H,5-39H2,1-4H3/t40?,41-/m0/s1. The van der Waals surface area contributed by atoms with E-state index in [0.717, 1.165) is 70.1 Å². The van der Waals surface area contributed by atoms with Crippen LogP contribution >= 0.6 is 0 Å². The van der Waals surface area contributed by atoms with E-state index in [1.165, 1.54) is 128 Å². The SMILES string of the molecule is CCCCCCCCCCCC(=O)O[C@@H](COC(=O)CCCCCCC)COC(=O)CCCCCCCCCCCCCCCCC(C)CC. The summed E-state index contributed by atoms with van der Waals surface area (Å²) in [6, 6.07) is 0. The minimum absolute atomic E-state index is 0.0651. The third kappa shape index (κ3) is 36.2. The Hall–Kier alpha value is -1.59. The zero-order chi connectivity index (χ0) is 36.8. The second-order valence-corrected chi connectivity index (χ2v) is 15.2. The molecule has 0 fully saturated rings. The van der Waals surface area contributed by atoms with E-state index >= 15 is 0 Å². The van der Waals surface area contributed by atoms with E-state index in [-0.39, 0.29) is 31.1 Å². The highest BCUT2D eigenvalue weighted by atomic mass is 16.6. The van der Waals surface area contributed by atoms with Crippen molar-refractivity contribution in [2.24, 2.45) is 5.92 Å². The molecule has 0 heterocycles. The molecule has 6 nitrogen and oxygen atoms in total. The number of hydrogen-bond acceptors (Lipinski definition) is 6. The van der Waals surface area contributed by atoms with Gasteiger partial charge >= 0.3 is 17.9 Å². The third-order valence-corrected chi connectivity index (χ3v) is 10.2. The zero-order valence-electron chi connectivity index (χ0n) is 33.9. The maximum Gasteiger partial charge on any atom is 0.306 e.